The van der Waals surface area contributed by atoms with Gasteiger partial charge in [-0.15, -0.1) is 0 Å². The summed E-state index contributed by atoms with van der Waals surface area (Å²) in [4.78, 5) is 15.9. The van der Waals surface area contributed by atoms with E-state index in [-0.39, 0.29) is 0 Å². The van der Waals surface area contributed by atoms with Crippen molar-refractivity contribution in [2.45, 2.75) is 45.8 Å². The standard InChI is InChI=1S/C15H22N4O2/c1-14(2,3)21-13(20)19-15(4,5)10-18-12-7-6-11(8-16)9-17-12/h6-7,9H,10H2,1-5H3,(H,17,18)(H,19,20). The molecule has 21 heavy (non-hydrogen) atoms. The van der Waals surface area contributed by atoms with Crippen LogP contribution >= 0.6 is 0 Å². The van der Waals surface area contributed by atoms with Crippen LogP contribution in [0.3, 0.4) is 0 Å². The fraction of sp³-hybridized carbons (Fsp3) is 0.533. The van der Waals surface area contributed by atoms with Gasteiger partial charge in [0, 0.05) is 12.7 Å². The molecule has 6 heteroatoms. The summed E-state index contributed by atoms with van der Waals surface area (Å²) < 4.78 is 5.23. The Morgan fingerprint density at radius 3 is 2.48 bits per heavy atom. The summed E-state index contributed by atoms with van der Waals surface area (Å²) in [6, 6.07) is 5.42. The quantitative estimate of drug-likeness (QED) is 0.890. The van der Waals surface area contributed by atoms with Crippen molar-refractivity contribution in [1.82, 2.24) is 10.3 Å². The highest BCUT2D eigenvalue weighted by Gasteiger charge is 2.24. The third-order valence-electron chi connectivity index (χ3n) is 2.44. The van der Waals surface area contributed by atoms with E-state index >= 15 is 0 Å². The minimum absolute atomic E-state index is 0.456. The molecule has 1 amide bonds. The normalized spacial score (nSPS) is 11.4. The highest BCUT2D eigenvalue weighted by atomic mass is 16.6. The van der Waals surface area contributed by atoms with Crippen LogP contribution < -0.4 is 10.6 Å². The Hall–Kier alpha value is -2.29. The molecule has 6 nitrogen and oxygen atoms in total. The van der Waals surface area contributed by atoms with Gasteiger partial charge in [-0.1, -0.05) is 0 Å². The van der Waals surface area contributed by atoms with E-state index in [2.05, 4.69) is 15.6 Å². The predicted molar refractivity (Wildman–Crippen MR) is 80.9 cm³/mol. The smallest absolute Gasteiger partial charge is 0.408 e. The largest absolute Gasteiger partial charge is 0.444 e. The number of carbonyl (C=O) groups excluding carboxylic acids is 1. The van der Waals surface area contributed by atoms with Crippen LogP contribution in [0.5, 0.6) is 0 Å². The van der Waals surface area contributed by atoms with Gasteiger partial charge >= 0.3 is 6.09 Å². The molecular weight excluding hydrogens is 268 g/mol. The zero-order chi connectivity index (χ0) is 16.1. The summed E-state index contributed by atoms with van der Waals surface area (Å²) in [5, 5.41) is 14.6. The lowest BCUT2D eigenvalue weighted by atomic mass is 10.1. The number of carbonyl (C=O) groups is 1. The Morgan fingerprint density at radius 2 is 2.00 bits per heavy atom. The van der Waals surface area contributed by atoms with Crippen molar-refractivity contribution in [3.63, 3.8) is 0 Å². The summed E-state index contributed by atoms with van der Waals surface area (Å²) in [5.41, 5.74) is -0.521. The van der Waals surface area contributed by atoms with E-state index in [0.29, 0.717) is 17.9 Å². The number of hydrogen-bond acceptors (Lipinski definition) is 5. The van der Waals surface area contributed by atoms with Gasteiger partial charge in [-0.25, -0.2) is 9.78 Å². The predicted octanol–water partition coefficient (Wildman–Crippen LogP) is 2.67. The van der Waals surface area contributed by atoms with E-state index in [9.17, 15) is 4.79 Å². The first-order chi connectivity index (χ1) is 9.61. The maximum Gasteiger partial charge on any atom is 0.408 e. The van der Waals surface area contributed by atoms with Crippen molar-refractivity contribution in [1.29, 1.82) is 5.26 Å². The first kappa shape index (κ1) is 16.8. The van der Waals surface area contributed by atoms with Gasteiger partial charge in [-0.05, 0) is 46.8 Å². The lowest BCUT2D eigenvalue weighted by molar-refractivity contribution is 0.0478. The van der Waals surface area contributed by atoms with E-state index in [1.807, 2.05) is 40.7 Å². The summed E-state index contributed by atoms with van der Waals surface area (Å²) >= 11 is 0. The fourth-order valence-electron chi connectivity index (χ4n) is 1.50. The van der Waals surface area contributed by atoms with Crippen molar-refractivity contribution in [3.05, 3.63) is 23.9 Å². The van der Waals surface area contributed by atoms with E-state index in [1.165, 1.54) is 6.20 Å². The minimum atomic E-state index is -0.526. The van der Waals surface area contributed by atoms with Crippen LogP contribution in [0.15, 0.2) is 18.3 Å². The topological polar surface area (TPSA) is 87.0 Å². The van der Waals surface area contributed by atoms with E-state index in [1.54, 1.807) is 12.1 Å². The van der Waals surface area contributed by atoms with Gasteiger partial charge in [0.15, 0.2) is 0 Å². The maximum absolute atomic E-state index is 11.8. The van der Waals surface area contributed by atoms with Gasteiger partial charge in [0.05, 0.1) is 11.1 Å². The molecule has 0 unspecified atom stereocenters. The number of ether oxygens (including phenoxy) is 1. The molecule has 0 saturated heterocycles. The second-order valence-electron chi connectivity index (χ2n) is 6.41. The van der Waals surface area contributed by atoms with Crippen molar-refractivity contribution in [2.24, 2.45) is 0 Å². The van der Waals surface area contributed by atoms with Crippen LogP contribution in [0.25, 0.3) is 0 Å². The first-order valence-electron chi connectivity index (χ1n) is 6.72. The molecule has 1 aromatic rings. The molecule has 1 rings (SSSR count). The SMILES string of the molecule is CC(C)(CNc1ccc(C#N)cn1)NC(=O)OC(C)(C)C. The number of amides is 1. The maximum atomic E-state index is 11.8. The number of hydrogen-bond donors (Lipinski definition) is 2. The van der Waals surface area contributed by atoms with Crippen LogP contribution in [0, 0.1) is 11.3 Å². The number of nitrogens with zero attached hydrogens (tertiary/aromatic N) is 2. The second kappa shape index (κ2) is 6.44. The molecule has 0 saturated carbocycles. The lowest BCUT2D eigenvalue weighted by Gasteiger charge is -2.29. The van der Waals surface area contributed by atoms with Crippen LogP contribution in [-0.2, 0) is 4.74 Å². The summed E-state index contributed by atoms with van der Waals surface area (Å²) in [5.74, 6) is 0.646. The van der Waals surface area contributed by atoms with Gasteiger partial charge < -0.3 is 15.4 Å². The van der Waals surface area contributed by atoms with Crippen LogP contribution in [0.2, 0.25) is 0 Å². The molecule has 0 aliphatic rings. The number of nitriles is 1. The summed E-state index contributed by atoms with van der Waals surface area (Å²) in [6.45, 7) is 9.70. The lowest BCUT2D eigenvalue weighted by Crippen LogP contribution is -2.50. The number of pyridine rings is 1. The molecule has 0 radical (unpaired) electrons. The molecule has 0 aliphatic heterocycles. The minimum Gasteiger partial charge on any atom is -0.444 e. The van der Waals surface area contributed by atoms with Gasteiger partial charge in [-0.2, -0.15) is 5.26 Å². The van der Waals surface area contributed by atoms with Crippen LogP contribution in [-0.4, -0.2) is 28.8 Å². The molecule has 0 spiro atoms. The molecule has 0 aromatic carbocycles. The Bertz CT molecular complexity index is 524. The Morgan fingerprint density at radius 1 is 1.33 bits per heavy atom. The highest BCUT2D eigenvalue weighted by molar-refractivity contribution is 5.68. The summed E-state index contributed by atoms with van der Waals surface area (Å²) in [6.07, 6.45) is 1.04. The van der Waals surface area contributed by atoms with Crippen molar-refractivity contribution < 1.29 is 9.53 Å². The van der Waals surface area contributed by atoms with Gasteiger partial charge in [-0.3, -0.25) is 0 Å². The third-order valence-corrected chi connectivity index (χ3v) is 2.44. The van der Waals surface area contributed by atoms with Gasteiger partial charge in [0.2, 0.25) is 0 Å². The number of nitrogens with one attached hydrogen (secondary N) is 2. The number of rotatable bonds is 4. The molecule has 2 N–H and O–H groups in total. The average Bonchev–Trinajstić information content (AvgIpc) is 2.34. The monoisotopic (exact) mass is 290 g/mol. The Balaban J connectivity index is 2.52. The molecule has 0 fully saturated rings. The van der Waals surface area contributed by atoms with Crippen molar-refractivity contribution >= 4 is 11.9 Å². The fourth-order valence-corrected chi connectivity index (χ4v) is 1.50. The van der Waals surface area contributed by atoms with Gasteiger partial charge in [0.1, 0.15) is 17.5 Å². The van der Waals surface area contributed by atoms with E-state index in [4.69, 9.17) is 10.00 Å². The molecule has 0 bridgehead atoms. The van der Waals surface area contributed by atoms with Crippen molar-refractivity contribution in [2.75, 3.05) is 11.9 Å². The molecule has 1 heterocycles. The number of aromatic nitrogens is 1. The molecule has 114 valence electrons. The average molecular weight is 290 g/mol. The van der Waals surface area contributed by atoms with Gasteiger partial charge in [0.25, 0.3) is 0 Å². The molecule has 0 aliphatic carbocycles. The van der Waals surface area contributed by atoms with Crippen LogP contribution in [0.1, 0.15) is 40.2 Å². The van der Waals surface area contributed by atoms with Crippen LogP contribution in [0.4, 0.5) is 10.6 Å². The second-order valence-corrected chi connectivity index (χ2v) is 6.41. The van der Waals surface area contributed by atoms with E-state index in [0.717, 1.165) is 0 Å². The van der Waals surface area contributed by atoms with E-state index < -0.39 is 17.2 Å². The third kappa shape index (κ3) is 6.61. The van der Waals surface area contributed by atoms with Crippen molar-refractivity contribution in [3.8, 4) is 6.07 Å². The molecular formula is C15H22N4O2. The first-order valence-corrected chi connectivity index (χ1v) is 6.72. The summed E-state index contributed by atoms with van der Waals surface area (Å²) in [7, 11) is 0. The Labute approximate surface area is 125 Å². The molecule has 1 aromatic heterocycles. The zero-order valence-corrected chi connectivity index (χ0v) is 13.2. The Kier molecular flexibility index (Phi) is 5.14. The molecule has 0 atom stereocenters. The zero-order valence-electron chi connectivity index (χ0n) is 13.2. The number of alkyl carbamates (subject to hydrolysis) is 1. The highest BCUT2D eigenvalue weighted by Crippen LogP contribution is 2.11. The number of anilines is 1.